The largest absolute Gasteiger partial charge is 0.367 e. The van der Waals surface area contributed by atoms with E-state index in [2.05, 4.69) is 189 Å². The van der Waals surface area contributed by atoms with Crippen LogP contribution in [0.15, 0.2) is 157 Å². The van der Waals surface area contributed by atoms with Gasteiger partial charge in [-0.2, -0.15) is 0 Å². The number of nitrogens with zero attached hydrogens (tertiary/aromatic N) is 2. The summed E-state index contributed by atoms with van der Waals surface area (Å²) in [5.74, 6) is 0. The van der Waals surface area contributed by atoms with Gasteiger partial charge in [-0.3, -0.25) is 0 Å². The summed E-state index contributed by atoms with van der Waals surface area (Å²) >= 11 is 0. The number of hydrogen-bond donors (Lipinski definition) is 0. The van der Waals surface area contributed by atoms with Crippen LogP contribution in [-0.4, -0.2) is 20.1 Å². The summed E-state index contributed by atoms with van der Waals surface area (Å²) in [6.07, 6.45) is 9.11. The third-order valence-electron chi connectivity index (χ3n) is 11.0. The van der Waals surface area contributed by atoms with Crippen molar-refractivity contribution in [2.45, 2.75) is 43.6 Å². The second-order valence-corrected chi connectivity index (χ2v) is 14.0. The van der Waals surface area contributed by atoms with Gasteiger partial charge in [-0.25, -0.2) is 0 Å². The second-order valence-electron chi connectivity index (χ2n) is 14.0. The number of anilines is 2. The predicted molar refractivity (Wildman–Crippen MR) is 201 cm³/mol. The first-order valence-electron chi connectivity index (χ1n) is 16.9. The molecule has 2 aliphatic rings. The minimum absolute atomic E-state index is 0.116. The van der Waals surface area contributed by atoms with Crippen molar-refractivity contribution in [2.75, 3.05) is 23.9 Å². The fourth-order valence-electron chi connectivity index (χ4n) is 8.91. The fourth-order valence-corrected chi connectivity index (χ4v) is 8.91. The van der Waals surface area contributed by atoms with Crippen LogP contribution in [0.2, 0.25) is 0 Å². The Morgan fingerprint density at radius 2 is 1.11 bits per heavy atom. The highest BCUT2D eigenvalue weighted by atomic mass is 15.2. The Bertz CT molecular complexity index is 2160. The summed E-state index contributed by atoms with van der Waals surface area (Å²) in [5, 5.41) is 5.30. The lowest BCUT2D eigenvalue weighted by molar-refractivity contribution is 0.441. The van der Waals surface area contributed by atoms with Crippen molar-refractivity contribution in [1.29, 1.82) is 0 Å². The van der Waals surface area contributed by atoms with Gasteiger partial charge in [0.2, 0.25) is 0 Å². The molecule has 0 saturated heterocycles. The highest BCUT2D eigenvalue weighted by molar-refractivity contribution is 5.95. The molecule has 0 radical (unpaired) electrons. The van der Waals surface area contributed by atoms with Crippen LogP contribution < -0.4 is 9.80 Å². The van der Waals surface area contributed by atoms with Crippen LogP contribution in [0.1, 0.15) is 36.1 Å². The first kappa shape index (κ1) is 29.3. The van der Waals surface area contributed by atoms with E-state index in [1.165, 1.54) is 60.9 Å². The minimum atomic E-state index is -0.190. The molecule has 2 nitrogen and oxygen atoms in total. The molecule has 2 aliphatic heterocycles. The first-order chi connectivity index (χ1) is 22.9. The molecule has 3 atom stereocenters. The molecule has 0 fully saturated rings. The minimum Gasteiger partial charge on any atom is -0.367 e. The quantitative estimate of drug-likeness (QED) is 0.185. The third kappa shape index (κ3) is 4.69. The van der Waals surface area contributed by atoms with Crippen molar-refractivity contribution in [3.8, 4) is 0 Å². The van der Waals surface area contributed by atoms with Gasteiger partial charge in [0.15, 0.2) is 0 Å². The van der Waals surface area contributed by atoms with Crippen molar-refractivity contribution in [3.63, 3.8) is 0 Å². The van der Waals surface area contributed by atoms with Gasteiger partial charge in [0.1, 0.15) is 0 Å². The molecule has 0 aliphatic carbocycles. The average molecular weight is 611 g/mol. The molecular formula is C45H42N2. The van der Waals surface area contributed by atoms with E-state index in [1.54, 1.807) is 0 Å². The fraction of sp³-hybridized carbons (Fsp3) is 0.200. The van der Waals surface area contributed by atoms with E-state index >= 15 is 0 Å². The van der Waals surface area contributed by atoms with Gasteiger partial charge in [-0.05, 0) is 81.8 Å². The molecule has 0 N–H and O–H groups in total. The first-order valence-corrected chi connectivity index (χ1v) is 16.9. The van der Waals surface area contributed by atoms with Gasteiger partial charge in [0.25, 0.3) is 0 Å². The molecule has 232 valence electrons. The Hall–Kier alpha value is -5.08. The lowest BCUT2D eigenvalue weighted by Gasteiger charge is -2.34. The van der Waals surface area contributed by atoms with Crippen LogP contribution in [0.4, 0.5) is 11.4 Å². The summed E-state index contributed by atoms with van der Waals surface area (Å²) < 4.78 is 0. The zero-order valence-corrected chi connectivity index (χ0v) is 27.8. The van der Waals surface area contributed by atoms with Crippen molar-refractivity contribution in [2.24, 2.45) is 0 Å². The van der Waals surface area contributed by atoms with E-state index in [4.69, 9.17) is 0 Å². The topological polar surface area (TPSA) is 6.48 Å². The molecular weight excluding hydrogens is 569 g/mol. The molecule has 0 saturated carbocycles. The third-order valence-corrected chi connectivity index (χ3v) is 11.0. The summed E-state index contributed by atoms with van der Waals surface area (Å²) in [6, 6.07) is 49.1. The van der Waals surface area contributed by atoms with Crippen molar-refractivity contribution in [1.82, 2.24) is 0 Å². The summed E-state index contributed by atoms with van der Waals surface area (Å²) in [5.41, 5.74) is 9.25. The average Bonchev–Trinajstić information content (AvgIpc) is 3.44. The Labute approximate surface area is 279 Å². The predicted octanol–water partition coefficient (Wildman–Crippen LogP) is 10.4. The van der Waals surface area contributed by atoms with E-state index in [-0.39, 0.29) is 16.9 Å². The molecule has 6 aromatic carbocycles. The van der Waals surface area contributed by atoms with Gasteiger partial charge in [-0.15, -0.1) is 0 Å². The SMILES string of the molecule is CN1C(=CC=CC2N(C)c3ccc4ccccc4c3C2(C)Cc2ccccc2)C(C)(Cc2ccccc2)c2c1ccc1ccccc21. The highest BCUT2D eigenvalue weighted by Gasteiger charge is 2.47. The normalized spacial score (nSPS) is 22.9. The number of benzene rings is 6. The van der Waals surface area contributed by atoms with Gasteiger partial charge in [0.05, 0.1) is 6.04 Å². The number of allylic oxidation sites excluding steroid dienone is 3. The van der Waals surface area contributed by atoms with Gasteiger partial charge in [-0.1, -0.05) is 140 Å². The maximum atomic E-state index is 2.50. The van der Waals surface area contributed by atoms with E-state index in [0.29, 0.717) is 0 Å². The van der Waals surface area contributed by atoms with Crippen LogP contribution in [0.25, 0.3) is 21.5 Å². The molecule has 0 aromatic heterocycles. The van der Waals surface area contributed by atoms with Crippen LogP contribution >= 0.6 is 0 Å². The Morgan fingerprint density at radius 3 is 1.74 bits per heavy atom. The van der Waals surface area contributed by atoms with Crippen LogP contribution in [0.5, 0.6) is 0 Å². The zero-order valence-electron chi connectivity index (χ0n) is 27.8. The van der Waals surface area contributed by atoms with E-state index in [0.717, 1.165) is 12.8 Å². The molecule has 3 unspecified atom stereocenters. The monoisotopic (exact) mass is 610 g/mol. The van der Waals surface area contributed by atoms with E-state index in [9.17, 15) is 0 Å². The molecule has 0 spiro atoms. The molecule has 2 heteroatoms. The maximum Gasteiger partial charge on any atom is 0.0571 e. The van der Waals surface area contributed by atoms with Gasteiger partial charge >= 0.3 is 0 Å². The number of hydrogen-bond acceptors (Lipinski definition) is 2. The van der Waals surface area contributed by atoms with E-state index < -0.39 is 0 Å². The summed E-state index contributed by atoms with van der Waals surface area (Å²) in [4.78, 5) is 4.93. The lowest BCUT2D eigenvalue weighted by Crippen LogP contribution is -2.41. The Kier molecular flexibility index (Phi) is 7.06. The van der Waals surface area contributed by atoms with Crippen molar-refractivity contribution >= 4 is 32.9 Å². The Morgan fingerprint density at radius 1 is 0.574 bits per heavy atom. The molecule has 0 bridgehead atoms. The summed E-state index contributed by atoms with van der Waals surface area (Å²) in [7, 11) is 4.52. The molecule has 8 rings (SSSR count). The number of fused-ring (bicyclic) bond motifs is 6. The molecule has 6 aromatic rings. The van der Waals surface area contributed by atoms with Crippen molar-refractivity contribution < 1.29 is 0 Å². The van der Waals surface area contributed by atoms with Crippen LogP contribution in [-0.2, 0) is 23.7 Å². The highest BCUT2D eigenvalue weighted by Crippen LogP contribution is 2.53. The summed E-state index contributed by atoms with van der Waals surface area (Å²) in [6.45, 7) is 4.91. The number of rotatable bonds is 6. The van der Waals surface area contributed by atoms with E-state index in [1.807, 2.05) is 0 Å². The van der Waals surface area contributed by atoms with Gasteiger partial charge in [0, 0.05) is 42.0 Å². The standard InChI is InChI=1S/C45H42N2/c1-44(30-32-16-7-5-8-17-32)40(46(3)38-28-26-34-20-11-13-22-36(34)42(38)44)24-15-25-41-45(2,31-33-18-9-6-10-19-33)43-37-23-14-12-21-35(37)27-29-39(43)47(41)4/h5-29,40H,30-31H2,1-4H3. The molecule has 2 heterocycles. The molecule has 0 amide bonds. The van der Waals surface area contributed by atoms with Crippen LogP contribution in [0.3, 0.4) is 0 Å². The number of likely N-dealkylation sites (N-methyl/N-ethyl adjacent to an activating group) is 2. The lowest BCUT2D eigenvalue weighted by atomic mass is 9.72. The Balaban J connectivity index is 1.25. The maximum absolute atomic E-state index is 2.50. The molecule has 47 heavy (non-hydrogen) atoms. The van der Waals surface area contributed by atoms with Gasteiger partial charge < -0.3 is 9.80 Å². The second kappa shape index (κ2) is 11.3. The van der Waals surface area contributed by atoms with Crippen LogP contribution in [0, 0.1) is 0 Å². The smallest absolute Gasteiger partial charge is 0.0571 e. The van der Waals surface area contributed by atoms with Crippen molar-refractivity contribution in [3.05, 3.63) is 180 Å². The zero-order chi connectivity index (χ0) is 32.2.